The fourth-order valence-electron chi connectivity index (χ4n) is 4.54. The van der Waals surface area contributed by atoms with Crippen LogP contribution < -0.4 is 5.32 Å². The van der Waals surface area contributed by atoms with E-state index in [2.05, 4.69) is 72.9 Å². The van der Waals surface area contributed by atoms with E-state index in [-0.39, 0.29) is 12.0 Å². The van der Waals surface area contributed by atoms with Crippen molar-refractivity contribution >= 4 is 12.2 Å². The SMILES string of the molecule is CCCCCCc1ccc(C=CCNC(=O)OCC2c3ccccc3-c3ccccc32)cc1. The molecule has 0 heterocycles. The Morgan fingerprint density at radius 3 is 2.21 bits per heavy atom. The van der Waals surface area contributed by atoms with Gasteiger partial charge >= 0.3 is 6.09 Å². The van der Waals surface area contributed by atoms with Gasteiger partial charge in [-0.2, -0.15) is 0 Å². The molecule has 3 nitrogen and oxygen atoms in total. The number of unbranched alkanes of at least 4 members (excludes halogenated alkanes) is 3. The standard InChI is InChI=1S/C30H33NO2/c1-2-3-4-5-11-23-17-19-24(20-18-23)12-10-21-31-30(32)33-22-29-27-15-8-6-13-25(27)26-14-7-9-16-28(26)29/h6-10,12-20,29H,2-5,11,21-22H2,1H3,(H,31,32). The molecular weight excluding hydrogens is 406 g/mol. The number of ether oxygens (including phenoxy) is 1. The number of nitrogens with one attached hydrogen (secondary N) is 1. The molecule has 0 aromatic heterocycles. The molecule has 3 aromatic rings. The molecule has 0 unspecified atom stereocenters. The molecule has 0 radical (unpaired) electrons. The number of aryl methyl sites for hydroxylation is 1. The van der Waals surface area contributed by atoms with Crippen molar-refractivity contribution < 1.29 is 9.53 Å². The average Bonchev–Trinajstić information content (AvgIpc) is 3.18. The first-order valence-corrected chi connectivity index (χ1v) is 12.1. The van der Waals surface area contributed by atoms with Crippen LogP contribution in [0, 0.1) is 0 Å². The van der Waals surface area contributed by atoms with Crippen LogP contribution in [0.25, 0.3) is 17.2 Å². The maximum Gasteiger partial charge on any atom is 0.407 e. The Labute approximate surface area is 197 Å². The molecule has 1 N–H and O–H groups in total. The minimum absolute atomic E-state index is 0.0826. The molecule has 3 aromatic carbocycles. The van der Waals surface area contributed by atoms with Gasteiger partial charge < -0.3 is 10.1 Å². The van der Waals surface area contributed by atoms with E-state index in [1.807, 2.05) is 24.3 Å². The van der Waals surface area contributed by atoms with Crippen LogP contribution in [0.2, 0.25) is 0 Å². The lowest BCUT2D eigenvalue weighted by molar-refractivity contribution is 0.144. The highest BCUT2D eigenvalue weighted by Gasteiger charge is 2.28. The topological polar surface area (TPSA) is 38.3 Å². The fourth-order valence-corrected chi connectivity index (χ4v) is 4.54. The summed E-state index contributed by atoms with van der Waals surface area (Å²) in [5.41, 5.74) is 7.44. The predicted octanol–water partition coefficient (Wildman–Crippen LogP) is 7.36. The highest BCUT2D eigenvalue weighted by Crippen LogP contribution is 2.44. The molecule has 1 aliphatic carbocycles. The van der Waals surface area contributed by atoms with E-state index in [0.29, 0.717) is 13.2 Å². The largest absolute Gasteiger partial charge is 0.449 e. The summed E-state index contributed by atoms with van der Waals surface area (Å²) < 4.78 is 5.58. The Hall–Kier alpha value is -3.33. The number of hydrogen-bond acceptors (Lipinski definition) is 2. The lowest BCUT2D eigenvalue weighted by Gasteiger charge is -2.14. The summed E-state index contributed by atoms with van der Waals surface area (Å²) in [6, 6.07) is 25.4. The van der Waals surface area contributed by atoms with Gasteiger partial charge in [0.05, 0.1) is 0 Å². The van der Waals surface area contributed by atoms with Crippen LogP contribution in [0.1, 0.15) is 60.8 Å². The molecule has 1 aliphatic rings. The van der Waals surface area contributed by atoms with E-state index in [0.717, 1.165) is 12.0 Å². The second kappa shape index (κ2) is 11.5. The maximum atomic E-state index is 12.3. The van der Waals surface area contributed by atoms with Crippen LogP contribution in [-0.4, -0.2) is 19.2 Å². The zero-order valence-electron chi connectivity index (χ0n) is 19.4. The quantitative estimate of drug-likeness (QED) is 0.335. The Kier molecular flexibility index (Phi) is 7.97. The molecule has 1 amide bonds. The Bertz CT molecular complexity index is 1040. The molecule has 33 heavy (non-hydrogen) atoms. The van der Waals surface area contributed by atoms with Gasteiger partial charge in [-0.05, 0) is 46.2 Å². The van der Waals surface area contributed by atoms with Crippen molar-refractivity contribution in [2.45, 2.75) is 44.9 Å². The molecule has 0 saturated heterocycles. The summed E-state index contributed by atoms with van der Waals surface area (Å²) in [4.78, 5) is 12.3. The summed E-state index contributed by atoms with van der Waals surface area (Å²) in [7, 11) is 0. The van der Waals surface area contributed by atoms with Gasteiger partial charge in [-0.3, -0.25) is 0 Å². The number of rotatable bonds is 10. The van der Waals surface area contributed by atoms with Crippen molar-refractivity contribution in [1.82, 2.24) is 5.32 Å². The second-order valence-corrected chi connectivity index (χ2v) is 8.66. The molecule has 0 fully saturated rings. The van der Waals surface area contributed by atoms with Crippen LogP contribution in [0.15, 0.2) is 78.9 Å². The van der Waals surface area contributed by atoms with Crippen molar-refractivity contribution in [3.8, 4) is 11.1 Å². The maximum absolute atomic E-state index is 12.3. The molecule has 3 heteroatoms. The number of carbonyl (C=O) groups excluding carboxylic acids is 1. The summed E-state index contributed by atoms with van der Waals surface area (Å²) >= 11 is 0. The molecular formula is C30H33NO2. The molecule has 4 rings (SSSR count). The van der Waals surface area contributed by atoms with E-state index in [1.54, 1.807) is 0 Å². The van der Waals surface area contributed by atoms with Crippen molar-refractivity contribution in [2.24, 2.45) is 0 Å². The third-order valence-electron chi connectivity index (χ3n) is 6.32. The van der Waals surface area contributed by atoms with Crippen LogP contribution in [-0.2, 0) is 11.2 Å². The fraction of sp³-hybridized carbons (Fsp3) is 0.300. The normalized spacial score (nSPS) is 12.5. The lowest BCUT2D eigenvalue weighted by Crippen LogP contribution is -2.26. The predicted molar refractivity (Wildman–Crippen MR) is 136 cm³/mol. The van der Waals surface area contributed by atoms with E-state index in [1.165, 1.54) is 53.5 Å². The van der Waals surface area contributed by atoms with E-state index in [4.69, 9.17) is 4.74 Å². The highest BCUT2D eigenvalue weighted by atomic mass is 16.5. The Balaban J connectivity index is 1.22. The third-order valence-corrected chi connectivity index (χ3v) is 6.32. The first-order valence-electron chi connectivity index (χ1n) is 12.1. The summed E-state index contributed by atoms with van der Waals surface area (Å²) in [5.74, 6) is 0.0826. The number of fused-ring (bicyclic) bond motifs is 3. The highest BCUT2D eigenvalue weighted by molar-refractivity contribution is 5.79. The monoisotopic (exact) mass is 439 g/mol. The van der Waals surface area contributed by atoms with Gasteiger partial charge in [0.15, 0.2) is 0 Å². The van der Waals surface area contributed by atoms with E-state index >= 15 is 0 Å². The van der Waals surface area contributed by atoms with Crippen molar-refractivity contribution in [1.29, 1.82) is 0 Å². The first-order chi connectivity index (χ1) is 16.3. The van der Waals surface area contributed by atoms with Gasteiger partial charge in [0.2, 0.25) is 0 Å². The van der Waals surface area contributed by atoms with Crippen molar-refractivity contribution in [2.75, 3.05) is 13.2 Å². The molecule has 0 atom stereocenters. The van der Waals surface area contributed by atoms with Crippen molar-refractivity contribution in [3.05, 3.63) is 101 Å². The van der Waals surface area contributed by atoms with Gasteiger partial charge in [-0.1, -0.05) is 111 Å². The van der Waals surface area contributed by atoms with E-state index in [9.17, 15) is 4.79 Å². The van der Waals surface area contributed by atoms with Crippen LogP contribution in [0.3, 0.4) is 0 Å². The van der Waals surface area contributed by atoms with Gasteiger partial charge in [0.25, 0.3) is 0 Å². The third kappa shape index (κ3) is 5.92. The number of amides is 1. The number of carbonyl (C=O) groups is 1. The van der Waals surface area contributed by atoms with Crippen LogP contribution in [0.5, 0.6) is 0 Å². The number of hydrogen-bond donors (Lipinski definition) is 1. The van der Waals surface area contributed by atoms with Gasteiger partial charge in [0.1, 0.15) is 6.61 Å². The zero-order chi connectivity index (χ0) is 22.9. The summed E-state index contributed by atoms with van der Waals surface area (Å²) in [5, 5.41) is 2.83. The smallest absolute Gasteiger partial charge is 0.407 e. The summed E-state index contributed by atoms with van der Waals surface area (Å²) in [6.07, 6.45) is 9.90. The number of alkyl carbamates (subject to hydrolysis) is 1. The Morgan fingerprint density at radius 2 is 1.55 bits per heavy atom. The second-order valence-electron chi connectivity index (χ2n) is 8.66. The van der Waals surface area contributed by atoms with Crippen LogP contribution >= 0.6 is 0 Å². The molecule has 0 bridgehead atoms. The summed E-state index contributed by atoms with van der Waals surface area (Å²) in [6.45, 7) is 3.02. The average molecular weight is 440 g/mol. The molecule has 0 saturated carbocycles. The van der Waals surface area contributed by atoms with E-state index < -0.39 is 0 Å². The minimum atomic E-state index is -0.385. The lowest BCUT2D eigenvalue weighted by atomic mass is 9.98. The van der Waals surface area contributed by atoms with Crippen molar-refractivity contribution in [3.63, 3.8) is 0 Å². The van der Waals surface area contributed by atoms with Gasteiger partial charge in [0, 0.05) is 12.5 Å². The van der Waals surface area contributed by atoms with Gasteiger partial charge in [-0.15, -0.1) is 0 Å². The minimum Gasteiger partial charge on any atom is -0.449 e. The number of benzene rings is 3. The molecule has 0 spiro atoms. The Morgan fingerprint density at radius 1 is 0.879 bits per heavy atom. The molecule has 170 valence electrons. The van der Waals surface area contributed by atoms with Gasteiger partial charge in [-0.25, -0.2) is 4.79 Å². The zero-order valence-corrected chi connectivity index (χ0v) is 19.4. The molecule has 0 aliphatic heterocycles. The van der Waals surface area contributed by atoms with Crippen LogP contribution in [0.4, 0.5) is 4.79 Å². The first kappa shape index (κ1) is 22.8.